The van der Waals surface area contributed by atoms with Crippen LogP contribution in [0.4, 0.5) is 0 Å². The van der Waals surface area contributed by atoms with Gasteiger partial charge in [-0.05, 0) is 59.3 Å². The van der Waals surface area contributed by atoms with Gasteiger partial charge in [0.1, 0.15) is 0 Å². The van der Waals surface area contributed by atoms with Crippen LogP contribution in [0.1, 0.15) is 72.1 Å². The average molecular weight is 338 g/mol. The SMILES string of the molecule is CCN(CC(C)(C)O)C(=O)C1CCC(NC(=O)C2CCCC2)CC1. The second kappa shape index (κ2) is 8.32. The molecular formula is C19H34N2O3. The summed E-state index contributed by atoms with van der Waals surface area (Å²) in [5.74, 6) is 0.623. The number of nitrogens with zero attached hydrogens (tertiary/aromatic N) is 1. The molecule has 5 nitrogen and oxygen atoms in total. The number of nitrogens with one attached hydrogen (secondary N) is 1. The lowest BCUT2D eigenvalue weighted by Crippen LogP contribution is -2.47. The monoisotopic (exact) mass is 338 g/mol. The lowest BCUT2D eigenvalue weighted by molar-refractivity contribution is -0.139. The van der Waals surface area contributed by atoms with Crippen LogP contribution in [0.2, 0.25) is 0 Å². The molecule has 0 atom stereocenters. The maximum Gasteiger partial charge on any atom is 0.225 e. The van der Waals surface area contributed by atoms with Crippen LogP contribution in [0.15, 0.2) is 0 Å². The molecule has 2 saturated carbocycles. The predicted octanol–water partition coefficient (Wildman–Crippen LogP) is 2.47. The summed E-state index contributed by atoms with van der Waals surface area (Å²) in [6.07, 6.45) is 7.84. The number of carbonyl (C=O) groups excluding carboxylic acids is 2. The molecule has 2 amide bonds. The Kier molecular flexibility index (Phi) is 6.67. The molecule has 0 spiro atoms. The van der Waals surface area contributed by atoms with Gasteiger partial charge in [-0.25, -0.2) is 0 Å². The van der Waals surface area contributed by atoms with Crippen LogP contribution in [0.3, 0.4) is 0 Å². The summed E-state index contributed by atoms with van der Waals surface area (Å²) in [7, 11) is 0. The highest BCUT2D eigenvalue weighted by Crippen LogP contribution is 2.29. The zero-order valence-electron chi connectivity index (χ0n) is 15.5. The minimum absolute atomic E-state index is 0.0342. The summed E-state index contributed by atoms with van der Waals surface area (Å²) < 4.78 is 0. The van der Waals surface area contributed by atoms with Crippen molar-refractivity contribution in [2.75, 3.05) is 13.1 Å². The van der Waals surface area contributed by atoms with Gasteiger partial charge in [-0.3, -0.25) is 9.59 Å². The second-order valence-electron chi connectivity index (χ2n) is 8.20. The maximum absolute atomic E-state index is 12.7. The lowest BCUT2D eigenvalue weighted by Gasteiger charge is -2.34. The molecule has 138 valence electrons. The Morgan fingerprint density at radius 3 is 2.12 bits per heavy atom. The summed E-state index contributed by atoms with van der Waals surface area (Å²) in [6, 6.07) is 0.228. The second-order valence-corrected chi connectivity index (χ2v) is 8.20. The molecule has 0 aromatic rings. The van der Waals surface area contributed by atoms with E-state index >= 15 is 0 Å². The highest BCUT2D eigenvalue weighted by molar-refractivity contribution is 5.80. The average Bonchev–Trinajstić information content (AvgIpc) is 3.06. The van der Waals surface area contributed by atoms with Crippen molar-refractivity contribution in [2.45, 2.75) is 83.8 Å². The third kappa shape index (κ3) is 5.47. The number of hydrogen-bond acceptors (Lipinski definition) is 3. The summed E-state index contributed by atoms with van der Waals surface area (Å²) in [5, 5.41) is 13.2. The van der Waals surface area contributed by atoms with Crippen molar-refractivity contribution in [3.63, 3.8) is 0 Å². The minimum atomic E-state index is -0.863. The first-order chi connectivity index (χ1) is 11.3. The Bertz CT molecular complexity index is 430. The van der Waals surface area contributed by atoms with Crippen molar-refractivity contribution < 1.29 is 14.7 Å². The Morgan fingerprint density at radius 2 is 1.62 bits per heavy atom. The molecule has 2 rings (SSSR count). The topological polar surface area (TPSA) is 69.6 Å². The normalized spacial score (nSPS) is 25.5. The van der Waals surface area contributed by atoms with Gasteiger partial charge in [0.25, 0.3) is 0 Å². The molecule has 2 N–H and O–H groups in total. The molecule has 0 aromatic heterocycles. The first-order valence-corrected chi connectivity index (χ1v) is 9.61. The Morgan fingerprint density at radius 1 is 1.04 bits per heavy atom. The van der Waals surface area contributed by atoms with Crippen LogP contribution in [-0.4, -0.2) is 46.6 Å². The highest BCUT2D eigenvalue weighted by atomic mass is 16.3. The van der Waals surface area contributed by atoms with E-state index in [1.807, 2.05) is 6.92 Å². The van der Waals surface area contributed by atoms with Gasteiger partial charge in [-0.15, -0.1) is 0 Å². The molecule has 5 heteroatoms. The van der Waals surface area contributed by atoms with Crippen molar-refractivity contribution in [3.8, 4) is 0 Å². The smallest absolute Gasteiger partial charge is 0.225 e. The van der Waals surface area contributed by atoms with E-state index in [-0.39, 0.29) is 29.7 Å². The Labute approximate surface area is 146 Å². The molecule has 0 saturated heterocycles. The van der Waals surface area contributed by atoms with E-state index in [9.17, 15) is 14.7 Å². The molecule has 24 heavy (non-hydrogen) atoms. The van der Waals surface area contributed by atoms with Crippen LogP contribution >= 0.6 is 0 Å². The third-order valence-electron chi connectivity index (χ3n) is 5.42. The summed E-state index contributed by atoms with van der Waals surface area (Å²) >= 11 is 0. The Hall–Kier alpha value is -1.10. The fourth-order valence-corrected chi connectivity index (χ4v) is 4.06. The molecule has 0 bridgehead atoms. The summed E-state index contributed by atoms with van der Waals surface area (Å²) in [4.78, 5) is 26.7. The van der Waals surface area contributed by atoms with Gasteiger partial charge in [0.2, 0.25) is 11.8 Å². The van der Waals surface area contributed by atoms with Crippen molar-refractivity contribution in [1.29, 1.82) is 0 Å². The quantitative estimate of drug-likeness (QED) is 0.782. The van der Waals surface area contributed by atoms with Gasteiger partial charge in [0.05, 0.1) is 5.60 Å². The first kappa shape index (κ1) is 19.2. The van der Waals surface area contributed by atoms with E-state index in [0.717, 1.165) is 38.5 Å². The molecule has 2 aliphatic carbocycles. The van der Waals surface area contributed by atoms with E-state index in [1.54, 1.807) is 18.7 Å². The largest absolute Gasteiger partial charge is 0.389 e. The first-order valence-electron chi connectivity index (χ1n) is 9.61. The number of aliphatic hydroxyl groups is 1. The summed E-state index contributed by atoms with van der Waals surface area (Å²) in [6.45, 7) is 6.43. The van der Waals surface area contributed by atoms with Crippen LogP contribution in [0.5, 0.6) is 0 Å². The fraction of sp³-hybridized carbons (Fsp3) is 0.895. The van der Waals surface area contributed by atoms with Gasteiger partial charge in [-0.1, -0.05) is 12.8 Å². The van der Waals surface area contributed by atoms with Gasteiger partial charge in [0.15, 0.2) is 0 Å². The van der Waals surface area contributed by atoms with Gasteiger partial charge in [-0.2, -0.15) is 0 Å². The fourth-order valence-electron chi connectivity index (χ4n) is 4.06. The lowest BCUT2D eigenvalue weighted by atomic mass is 9.84. The van der Waals surface area contributed by atoms with Crippen molar-refractivity contribution in [3.05, 3.63) is 0 Å². The van der Waals surface area contributed by atoms with Crippen LogP contribution in [0.25, 0.3) is 0 Å². The standard InChI is InChI=1S/C19H34N2O3/c1-4-21(13-19(2,3)24)18(23)15-9-11-16(12-10-15)20-17(22)14-7-5-6-8-14/h14-16,24H,4-13H2,1-3H3,(H,20,22). The van der Waals surface area contributed by atoms with Crippen LogP contribution in [0, 0.1) is 11.8 Å². The zero-order valence-corrected chi connectivity index (χ0v) is 15.5. The Balaban J connectivity index is 1.78. The predicted molar refractivity (Wildman–Crippen MR) is 94.4 cm³/mol. The molecule has 2 fully saturated rings. The van der Waals surface area contributed by atoms with E-state index < -0.39 is 5.60 Å². The van der Waals surface area contributed by atoms with Gasteiger partial charge < -0.3 is 15.3 Å². The van der Waals surface area contributed by atoms with Crippen LogP contribution < -0.4 is 5.32 Å². The zero-order chi connectivity index (χ0) is 17.7. The van der Waals surface area contributed by atoms with Crippen molar-refractivity contribution in [1.82, 2.24) is 10.2 Å². The number of amides is 2. The van der Waals surface area contributed by atoms with E-state index in [0.29, 0.717) is 13.1 Å². The van der Waals surface area contributed by atoms with Crippen molar-refractivity contribution >= 4 is 11.8 Å². The van der Waals surface area contributed by atoms with E-state index in [4.69, 9.17) is 0 Å². The van der Waals surface area contributed by atoms with Crippen molar-refractivity contribution in [2.24, 2.45) is 11.8 Å². The number of hydrogen-bond donors (Lipinski definition) is 2. The highest BCUT2D eigenvalue weighted by Gasteiger charge is 2.32. The molecular weight excluding hydrogens is 304 g/mol. The number of carbonyl (C=O) groups is 2. The van der Waals surface area contributed by atoms with Gasteiger partial charge in [0, 0.05) is 31.0 Å². The molecule has 0 radical (unpaired) electrons. The molecule has 0 heterocycles. The van der Waals surface area contributed by atoms with E-state index in [2.05, 4.69) is 5.32 Å². The molecule has 0 aromatic carbocycles. The molecule has 2 aliphatic rings. The van der Waals surface area contributed by atoms with E-state index in [1.165, 1.54) is 12.8 Å². The maximum atomic E-state index is 12.7. The summed E-state index contributed by atoms with van der Waals surface area (Å²) in [5.41, 5.74) is -0.863. The number of likely N-dealkylation sites (N-methyl/N-ethyl adjacent to an activating group) is 1. The van der Waals surface area contributed by atoms with Crippen LogP contribution in [-0.2, 0) is 9.59 Å². The molecule has 0 aliphatic heterocycles. The minimum Gasteiger partial charge on any atom is -0.389 e. The van der Waals surface area contributed by atoms with Gasteiger partial charge >= 0.3 is 0 Å². The number of rotatable bonds is 6. The molecule has 0 unspecified atom stereocenters. The third-order valence-corrected chi connectivity index (χ3v) is 5.42.